The van der Waals surface area contributed by atoms with Crippen LogP contribution in [0.1, 0.15) is 25.7 Å². The van der Waals surface area contributed by atoms with Gasteiger partial charge in [-0.15, -0.1) is 0 Å². The molecule has 3 amide bonds. The fourth-order valence-corrected chi connectivity index (χ4v) is 2.29. The van der Waals surface area contributed by atoms with Gasteiger partial charge in [-0.25, -0.2) is 4.79 Å². The van der Waals surface area contributed by atoms with Gasteiger partial charge < -0.3 is 15.5 Å². The molecule has 2 N–H and O–H groups in total. The minimum absolute atomic E-state index is 0.0555. The van der Waals surface area contributed by atoms with E-state index in [0.29, 0.717) is 13.0 Å². The smallest absolute Gasteiger partial charge is 0.315 e. The monoisotopic (exact) mass is 237 g/mol. The molecule has 0 saturated carbocycles. The second kappa shape index (κ2) is 5.21. The van der Waals surface area contributed by atoms with Crippen LogP contribution in [0.3, 0.4) is 0 Å². The number of likely N-dealkylation sites (N-methyl/N-ethyl adjacent to an activating group) is 1. The van der Waals surface area contributed by atoms with Crippen molar-refractivity contribution in [1.82, 2.24) is 15.5 Å². The van der Waals surface area contributed by atoms with Crippen molar-refractivity contribution in [1.29, 1.82) is 0 Å². The summed E-state index contributed by atoms with van der Waals surface area (Å²) in [5.41, 5.74) is 0. The number of carbonyl (C=O) groups is 2. The van der Waals surface area contributed by atoms with Crippen molar-refractivity contribution in [2.24, 2.45) is 0 Å². The summed E-state index contributed by atoms with van der Waals surface area (Å²) in [7, 11) is 1.76. The van der Waals surface area contributed by atoms with Gasteiger partial charge in [0.2, 0.25) is 5.91 Å². The molecular weight excluding hydrogens is 218 g/mol. The highest BCUT2D eigenvalue weighted by molar-refractivity contribution is 5.81. The standard InChI is InChI=1S/C12H19N3O2/c1-15-8-10(7-11(15)16)14-12(17)13-9-5-3-2-4-6-9/h3,5,9-10H,2,4,6-8H2,1H3,(H2,13,14,17)/t9-,10-/m1/s1. The molecule has 1 fully saturated rings. The molecule has 0 unspecified atom stereocenters. The summed E-state index contributed by atoms with van der Waals surface area (Å²) < 4.78 is 0. The first-order valence-corrected chi connectivity index (χ1v) is 6.13. The van der Waals surface area contributed by atoms with Crippen LogP contribution in [0.2, 0.25) is 0 Å². The zero-order valence-corrected chi connectivity index (χ0v) is 10.1. The molecule has 0 aromatic carbocycles. The Hall–Kier alpha value is -1.52. The van der Waals surface area contributed by atoms with Crippen molar-refractivity contribution in [2.75, 3.05) is 13.6 Å². The second-order valence-corrected chi connectivity index (χ2v) is 4.76. The Balaban J connectivity index is 1.76. The van der Waals surface area contributed by atoms with Gasteiger partial charge in [-0.2, -0.15) is 0 Å². The van der Waals surface area contributed by atoms with E-state index in [1.807, 2.05) is 6.08 Å². The molecule has 0 aromatic heterocycles. The van der Waals surface area contributed by atoms with E-state index in [0.717, 1.165) is 19.3 Å². The largest absolute Gasteiger partial charge is 0.344 e. The molecule has 94 valence electrons. The van der Waals surface area contributed by atoms with Crippen molar-refractivity contribution in [2.45, 2.75) is 37.8 Å². The average Bonchev–Trinajstić information content (AvgIpc) is 2.59. The third kappa shape index (κ3) is 3.22. The van der Waals surface area contributed by atoms with Gasteiger partial charge in [0.1, 0.15) is 0 Å². The molecule has 0 bridgehead atoms. The molecule has 1 heterocycles. The zero-order valence-electron chi connectivity index (χ0n) is 10.1. The summed E-state index contributed by atoms with van der Waals surface area (Å²) in [6, 6.07) is -0.0895. The number of carbonyl (C=O) groups excluding carboxylic acids is 2. The topological polar surface area (TPSA) is 61.4 Å². The van der Waals surface area contributed by atoms with Crippen LogP contribution in [0.4, 0.5) is 4.79 Å². The highest BCUT2D eigenvalue weighted by Crippen LogP contribution is 2.11. The molecule has 2 rings (SSSR count). The zero-order chi connectivity index (χ0) is 12.3. The number of urea groups is 1. The summed E-state index contributed by atoms with van der Waals surface area (Å²) in [5.74, 6) is 0.0906. The predicted molar refractivity (Wildman–Crippen MR) is 64.5 cm³/mol. The highest BCUT2D eigenvalue weighted by atomic mass is 16.2. The van der Waals surface area contributed by atoms with Gasteiger partial charge in [-0.1, -0.05) is 12.2 Å². The maximum absolute atomic E-state index is 11.7. The fraction of sp³-hybridized carbons (Fsp3) is 0.667. The Kier molecular flexibility index (Phi) is 3.66. The summed E-state index contributed by atoms with van der Waals surface area (Å²) in [6.07, 6.45) is 7.75. The first-order valence-electron chi connectivity index (χ1n) is 6.13. The minimum Gasteiger partial charge on any atom is -0.344 e. The van der Waals surface area contributed by atoms with Gasteiger partial charge in [0, 0.05) is 26.1 Å². The van der Waals surface area contributed by atoms with E-state index < -0.39 is 0 Å². The Morgan fingerprint density at radius 2 is 2.29 bits per heavy atom. The van der Waals surface area contributed by atoms with Gasteiger partial charge in [-0.05, 0) is 19.3 Å². The minimum atomic E-state index is -0.172. The number of nitrogens with zero attached hydrogens (tertiary/aromatic N) is 1. The second-order valence-electron chi connectivity index (χ2n) is 4.76. The van der Waals surface area contributed by atoms with Crippen LogP contribution in [0.25, 0.3) is 0 Å². The maximum Gasteiger partial charge on any atom is 0.315 e. The number of hydrogen-bond donors (Lipinski definition) is 2. The van der Waals surface area contributed by atoms with Crippen molar-refractivity contribution in [3.05, 3.63) is 12.2 Å². The van der Waals surface area contributed by atoms with E-state index in [1.54, 1.807) is 11.9 Å². The molecule has 5 nitrogen and oxygen atoms in total. The molecule has 2 atom stereocenters. The summed E-state index contributed by atoms with van der Waals surface area (Å²) in [6.45, 7) is 0.604. The SMILES string of the molecule is CN1C[C@H](NC(=O)N[C@@H]2C=CCCC2)CC1=O. The van der Waals surface area contributed by atoms with E-state index in [2.05, 4.69) is 16.7 Å². The third-order valence-electron chi connectivity index (χ3n) is 3.25. The first kappa shape index (κ1) is 12.0. The van der Waals surface area contributed by atoms with E-state index >= 15 is 0 Å². The Morgan fingerprint density at radius 3 is 2.88 bits per heavy atom. The van der Waals surface area contributed by atoms with E-state index in [4.69, 9.17) is 0 Å². The molecule has 0 spiro atoms. The molecule has 1 aliphatic carbocycles. The number of likely N-dealkylation sites (tertiary alicyclic amines) is 1. The molecule has 5 heteroatoms. The van der Waals surface area contributed by atoms with E-state index in [-0.39, 0.29) is 24.0 Å². The number of hydrogen-bond acceptors (Lipinski definition) is 2. The summed E-state index contributed by atoms with van der Waals surface area (Å²) in [5, 5.41) is 5.75. The van der Waals surface area contributed by atoms with Crippen molar-refractivity contribution in [3.8, 4) is 0 Å². The quantitative estimate of drug-likeness (QED) is 0.692. The van der Waals surface area contributed by atoms with Crippen molar-refractivity contribution in [3.63, 3.8) is 0 Å². The summed E-state index contributed by atoms with van der Waals surface area (Å²) >= 11 is 0. The average molecular weight is 237 g/mol. The lowest BCUT2D eigenvalue weighted by Crippen LogP contribution is -2.46. The van der Waals surface area contributed by atoms with Crippen LogP contribution in [-0.4, -0.2) is 42.5 Å². The van der Waals surface area contributed by atoms with Gasteiger partial charge in [0.05, 0.1) is 6.04 Å². The lowest BCUT2D eigenvalue weighted by molar-refractivity contribution is -0.126. The van der Waals surface area contributed by atoms with Crippen LogP contribution < -0.4 is 10.6 Å². The van der Waals surface area contributed by atoms with Gasteiger partial charge in [-0.3, -0.25) is 4.79 Å². The summed E-state index contributed by atoms with van der Waals surface area (Å²) in [4.78, 5) is 24.6. The van der Waals surface area contributed by atoms with Crippen LogP contribution in [0, 0.1) is 0 Å². The number of amides is 3. The molecule has 1 saturated heterocycles. The first-order chi connectivity index (χ1) is 8.15. The van der Waals surface area contributed by atoms with Gasteiger partial charge in [0.25, 0.3) is 0 Å². The Bertz CT molecular complexity index is 341. The molecule has 17 heavy (non-hydrogen) atoms. The lowest BCUT2D eigenvalue weighted by Gasteiger charge is -2.20. The molecule has 1 aliphatic heterocycles. The number of nitrogens with one attached hydrogen (secondary N) is 2. The normalized spacial score (nSPS) is 28.3. The third-order valence-corrected chi connectivity index (χ3v) is 3.25. The van der Waals surface area contributed by atoms with E-state index in [9.17, 15) is 9.59 Å². The molecule has 0 radical (unpaired) electrons. The highest BCUT2D eigenvalue weighted by Gasteiger charge is 2.28. The van der Waals surface area contributed by atoms with Crippen molar-refractivity contribution < 1.29 is 9.59 Å². The molecule has 2 aliphatic rings. The van der Waals surface area contributed by atoms with Gasteiger partial charge in [0.15, 0.2) is 0 Å². The fourth-order valence-electron chi connectivity index (χ4n) is 2.29. The number of rotatable bonds is 2. The number of allylic oxidation sites excluding steroid dienone is 1. The van der Waals surface area contributed by atoms with Crippen LogP contribution in [0.5, 0.6) is 0 Å². The van der Waals surface area contributed by atoms with E-state index in [1.165, 1.54) is 0 Å². The van der Waals surface area contributed by atoms with Crippen LogP contribution in [-0.2, 0) is 4.79 Å². The Labute approximate surface area is 101 Å². The lowest BCUT2D eigenvalue weighted by atomic mass is 10.0. The Morgan fingerprint density at radius 1 is 1.47 bits per heavy atom. The predicted octanol–water partition coefficient (Wildman–Crippen LogP) is 0.625. The van der Waals surface area contributed by atoms with Crippen LogP contribution in [0.15, 0.2) is 12.2 Å². The van der Waals surface area contributed by atoms with Crippen LogP contribution >= 0.6 is 0 Å². The van der Waals surface area contributed by atoms with Gasteiger partial charge >= 0.3 is 6.03 Å². The molecular formula is C12H19N3O2. The molecule has 0 aromatic rings. The maximum atomic E-state index is 11.7. The van der Waals surface area contributed by atoms with Crippen molar-refractivity contribution >= 4 is 11.9 Å².